The van der Waals surface area contributed by atoms with Crippen molar-refractivity contribution in [2.45, 2.75) is 26.2 Å². The van der Waals surface area contributed by atoms with E-state index in [-0.39, 0.29) is 18.2 Å². The number of carbonyl (C=O) groups excluding carboxylic acids is 1. The summed E-state index contributed by atoms with van der Waals surface area (Å²) in [6.45, 7) is 2.56. The van der Waals surface area contributed by atoms with E-state index in [9.17, 15) is 9.59 Å². The third-order valence-corrected chi connectivity index (χ3v) is 3.61. The van der Waals surface area contributed by atoms with Crippen molar-refractivity contribution in [2.24, 2.45) is 5.92 Å². The van der Waals surface area contributed by atoms with Gasteiger partial charge in [-0.05, 0) is 24.8 Å². The van der Waals surface area contributed by atoms with Crippen LogP contribution in [0, 0.1) is 5.92 Å². The molecule has 1 atom stereocenters. The average molecular weight is 288 g/mol. The van der Waals surface area contributed by atoms with Crippen molar-refractivity contribution >= 4 is 22.8 Å². The molecule has 0 radical (unpaired) electrons. The van der Waals surface area contributed by atoms with Gasteiger partial charge in [0.05, 0.1) is 5.56 Å². The molecule has 0 aliphatic carbocycles. The highest BCUT2D eigenvalue weighted by Gasteiger charge is 2.12. The predicted octanol–water partition coefficient (Wildman–Crippen LogP) is 2.79. The molecule has 1 unspecified atom stereocenters. The molecule has 5 nitrogen and oxygen atoms in total. The molecule has 112 valence electrons. The number of nitrogens with one attached hydrogen (secondary N) is 2. The summed E-state index contributed by atoms with van der Waals surface area (Å²) in [5.41, 5.74) is 1.58. The van der Waals surface area contributed by atoms with Crippen LogP contribution >= 0.6 is 0 Å². The largest absolute Gasteiger partial charge is 0.481 e. The number of aromatic amines is 1. The summed E-state index contributed by atoms with van der Waals surface area (Å²) in [4.78, 5) is 25.7. The lowest BCUT2D eigenvalue weighted by Crippen LogP contribution is -2.25. The standard InChI is InChI=1S/C16H20N2O3/c1-11(6-7-15(19)20)8-9-17-16(21)13-10-18-14-5-3-2-4-12(13)14/h2-5,10-11,18H,6-9H2,1H3,(H,17,21)(H,19,20). The highest BCUT2D eigenvalue weighted by atomic mass is 16.4. The molecule has 2 rings (SSSR count). The number of aliphatic carboxylic acids is 1. The van der Waals surface area contributed by atoms with E-state index >= 15 is 0 Å². The van der Waals surface area contributed by atoms with Gasteiger partial charge in [-0.2, -0.15) is 0 Å². The number of H-pyrrole nitrogens is 1. The number of rotatable bonds is 7. The lowest BCUT2D eigenvalue weighted by molar-refractivity contribution is -0.137. The second kappa shape index (κ2) is 6.92. The molecular weight excluding hydrogens is 268 g/mol. The Kier molecular flexibility index (Phi) is 4.98. The molecular formula is C16H20N2O3. The smallest absolute Gasteiger partial charge is 0.303 e. The van der Waals surface area contributed by atoms with Gasteiger partial charge in [0.25, 0.3) is 5.91 Å². The third kappa shape index (κ3) is 4.08. The van der Waals surface area contributed by atoms with Crippen molar-refractivity contribution in [3.05, 3.63) is 36.0 Å². The van der Waals surface area contributed by atoms with E-state index in [1.165, 1.54) is 0 Å². The number of carbonyl (C=O) groups is 2. The summed E-state index contributed by atoms with van der Waals surface area (Å²) in [7, 11) is 0. The minimum Gasteiger partial charge on any atom is -0.481 e. The molecule has 0 aliphatic heterocycles. The number of fused-ring (bicyclic) bond motifs is 1. The summed E-state index contributed by atoms with van der Waals surface area (Å²) >= 11 is 0. The lowest BCUT2D eigenvalue weighted by Gasteiger charge is -2.10. The van der Waals surface area contributed by atoms with Crippen LogP contribution in [-0.4, -0.2) is 28.5 Å². The lowest BCUT2D eigenvalue weighted by atomic mass is 10.0. The Morgan fingerprint density at radius 2 is 2.05 bits per heavy atom. The fourth-order valence-corrected chi connectivity index (χ4v) is 2.30. The van der Waals surface area contributed by atoms with E-state index in [1.54, 1.807) is 6.20 Å². The molecule has 0 saturated heterocycles. The van der Waals surface area contributed by atoms with Gasteiger partial charge in [0.1, 0.15) is 0 Å². The maximum Gasteiger partial charge on any atom is 0.303 e. The first-order chi connectivity index (χ1) is 10.1. The van der Waals surface area contributed by atoms with Crippen molar-refractivity contribution in [3.8, 4) is 0 Å². The monoisotopic (exact) mass is 288 g/mol. The number of para-hydroxylation sites is 1. The fraction of sp³-hybridized carbons (Fsp3) is 0.375. The van der Waals surface area contributed by atoms with Crippen LogP contribution in [-0.2, 0) is 4.79 Å². The summed E-state index contributed by atoms with van der Waals surface area (Å²) in [6.07, 6.45) is 3.31. The Bertz CT molecular complexity index is 633. The van der Waals surface area contributed by atoms with Crippen molar-refractivity contribution in [2.75, 3.05) is 6.54 Å². The fourth-order valence-electron chi connectivity index (χ4n) is 2.30. The van der Waals surface area contributed by atoms with Gasteiger partial charge in [0, 0.05) is 30.1 Å². The Hall–Kier alpha value is -2.30. The van der Waals surface area contributed by atoms with Crippen LogP contribution in [0.5, 0.6) is 0 Å². The van der Waals surface area contributed by atoms with E-state index < -0.39 is 5.97 Å². The van der Waals surface area contributed by atoms with Gasteiger partial charge in [0.2, 0.25) is 0 Å². The molecule has 1 heterocycles. The maximum absolute atomic E-state index is 12.1. The minimum atomic E-state index is -0.773. The quantitative estimate of drug-likeness (QED) is 0.732. The Morgan fingerprint density at radius 3 is 2.81 bits per heavy atom. The van der Waals surface area contributed by atoms with Crippen LogP contribution < -0.4 is 5.32 Å². The first kappa shape index (κ1) is 15.1. The Labute approximate surface area is 123 Å². The summed E-state index contributed by atoms with van der Waals surface area (Å²) in [5, 5.41) is 12.4. The van der Waals surface area contributed by atoms with E-state index in [4.69, 9.17) is 5.11 Å². The maximum atomic E-state index is 12.1. The van der Waals surface area contributed by atoms with Crippen molar-refractivity contribution in [1.82, 2.24) is 10.3 Å². The molecule has 0 aliphatic rings. The van der Waals surface area contributed by atoms with Crippen LogP contribution in [0.4, 0.5) is 0 Å². The Balaban J connectivity index is 1.83. The van der Waals surface area contributed by atoms with E-state index in [2.05, 4.69) is 10.3 Å². The highest BCUT2D eigenvalue weighted by Crippen LogP contribution is 2.17. The topological polar surface area (TPSA) is 82.2 Å². The summed E-state index contributed by atoms with van der Waals surface area (Å²) < 4.78 is 0. The van der Waals surface area contributed by atoms with Crippen LogP contribution in [0.2, 0.25) is 0 Å². The zero-order valence-corrected chi connectivity index (χ0v) is 12.1. The SMILES string of the molecule is CC(CCNC(=O)c1c[nH]c2ccccc12)CCC(=O)O. The zero-order chi connectivity index (χ0) is 15.2. The predicted molar refractivity (Wildman–Crippen MR) is 81.3 cm³/mol. The molecule has 1 amide bonds. The number of carboxylic acids is 1. The van der Waals surface area contributed by atoms with Gasteiger partial charge < -0.3 is 15.4 Å². The number of hydrogen-bond donors (Lipinski definition) is 3. The summed E-state index contributed by atoms with van der Waals surface area (Å²) in [5.74, 6) is -0.591. The first-order valence-electron chi connectivity index (χ1n) is 7.14. The van der Waals surface area contributed by atoms with Gasteiger partial charge in [-0.3, -0.25) is 9.59 Å². The molecule has 5 heteroatoms. The van der Waals surface area contributed by atoms with Crippen molar-refractivity contribution in [3.63, 3.8) is 0 Å². The van der Waals surface area contributed by atoms with Crippen LogP contribution in [0.25, 0.3) is 10.9 Å². The first-order valence-corrected chi connectivity index (χ1v) is 7.14. The molecule has 0 saturated carbocycles. The average Bonchev–Trinajstić information content (AvgIpc) is 2.89. The van der Waals surface area contributed by atoms with Gasteiger partial charge in [-0.25, -0.2) is 0 Å². The van der Waals surface area contributed by atoms with E-state index in [1.807, 2.05) is 31.2 Å². The summed E-state index contributed by atoms with van der Waals surface area (Å²) in [6, 6.07) is 7.67. The molecule has 0 fully saturated rings. The zero-order valence-electron chi connectivity index (χ0n) is 12.1. The van der Waals surface area contributed by atoms with Crippen molar-refractivity contribution < 1.29 is 14.7 Å². The number of benzene rings is 1. The molecule has 0 spiro atoms. The van der Waals surface area contributed by atoms with Gasteiger partial charge >= 0.3 is 5.97 Å². The molecule has 21 heavy (non-hydrogen) atoms. The van der Waals surface area contributed by atoms with Crippen LogP contribution in [0.1, 0.15) is 36.5 Å². The number of aromatic nitrogens is 1. The molecule has 3 N–H and O–H groups in total. The van der Waals surface area contributed by atoms with Gasteiger partial charge in [-0.15, -0.1) is 0 Å². The molecule has 2 aromatic rings. The Morgan fingerprint density at radius 1 is 1.29 bits per heavy atom. The second-order valence-electron chi connectivity index (χ2n) is 5.33. The molecule has 0 bridgehead atoms. The third-order valence-electron chi connectivity index (χ3n) is 3.61. The number of hydrogen-bond acceptors (Lipinski definition) is 2. The van der Waals surface area contributed by atoms with Crippen LogP contribution in [0.15, 0.2) is 30.5 Å². The van der Waals surface area contributed by atoms with E-state index in [0.29, 0.717) is 18.5 Å². The second-order valence-corrected chi connectivity index (χ2v) is 5.33. The molecule has 1 aromatic carbocycles. The highest BCUT2D eigenvalue weighted by molar-refractivity contribution is 6.06. The molecule has 1 aromatic heterocycles. The van der Waals surface area contributed by atoms with Crippen molar-refractivity contribution in [1.29, 1.82) is 0 Å². The van der Waals surface area contributed by atoms with Gasteiger partial charge in [0.15, 0.2) is 0 Å². The minimum absolute atomic E-state index is 0.0992. The van der Waals surface area contributed by atoms with Crippen LogP contribution in [0.3, 0.4) is 0 Å². The number of amides is 1. The number of carboxylic acid groups (broad SMARTS) is 1. The normalized spacial score (nSPS) is 12.2. The van der Waals surface area contributed by atoms with Gasteiger partial charge in [-0.1, -0.05) is 25.1 Å². The van der Waals surface area contributed by atoms with E-state index in [0.717, 1.165) is 17.3 Å².